The molecule has 0 fully saturated rings. The van der Waals surface area contributed by atoms with Crippen LogP contribution in [0.5, 0.6) is 5.75 Å². The smallest absolute Gasteiger partial charge is 0.278 e. The third-order valence-corrected chi connectivity index (χ3v) is 5.47. The summed E-state index contributed by atoms with van der Waals surface area (Å²) in [6.07, 6.45) is 0.0471. The molecule has 2 aromatic rings. The summed E-state index contributed by atoms with van der Waals surface area (Å²) in [5, 5.41) is 3.20. The zero-order chi connectivity index (χ0) is 24.0. The molecule has 33 heavy (non-hydrogen) atoms. The van der Waals surface area contributed by atoms with Crippen LogP contribution in [0, 0.1) is 0 Å². The number of carbonyl (C=O) groups is 2. The lowest BCUT2D eigenvalue weighted by Gasteiger charge is -2.21. The maximum absolute atomic E-state index is 13.2. The third kappa shape index (κ3) is 5.54. The molecule has 1 N–H and O–H groups in total. The molecule has 1 heterocycles. The van der Waals surface area contributed by atoms with Crippen LogP contribution < -0.4 is 15.0 Å². The maximum Gasteiger partial charge on any atom is 0.278 e. The van der Waals surface area contributed by atoms with Gasteiger partial charge in [0.25, 0.3) is 11.8 Å². The van der Waals surface area contributed by atoms with Gasteiger partial charge in [0.2, 0.25) is 0 Å². The van der Waals surface area contributed by atoms with E-state index in [1.165, 1.54) is 4.90 Å². The molecule has 0 atom stereocenters. The van der Waals surface area contributed by atoms with E-state index in [2.05, 4.69) is 24.1 Å². The number of methoxy groups -OCH3 is 1. The molecule has 2 aromatic carbocycles. The second-order valence-electron chi connectivity index (χ2n) is 8.04. The van der Waals surface area contributed by atoms with E-state index in [0.717, 1.165) is 24.5 Å². The molecule has 3 rings (SSSR count). The van der Waals surface area contributed by atoms with Crippen molar-refractivity contribution in [3.8, 4) is 5.75 Å². The van der Waals surface area contributed by atoms with Crippen LogP contribution in [0.15, 0.2) is 54.2 Å². The summed E-state index contributed by atoms with van der Waals surface area (Å²) in [6.45, 7) is 10.4. The van der Waals surface area contributed by atoms with E-state index in [1.807, 2.05) is 62.4 Å². The minimum Gasteiger partial charge on any atom is -0.491 e. The molecule has 1 aliphatic rings. The van der Waals surface area contributed by atoms with Crippen molar-refractivity contribution in [1.82, 2.24) is 4.90 Å². The Kier molecular flexibility index (Phi) is 8.11. The van der Waals surface area contributed by atoms with Crippen molar-refractivity contribution in [2.75, 3.05) is 43.6 Å². The second kappa shape index (κ2) is 11.0. The largest absolute Gasteiger partial charge is 0.491 e. The lowest BCUT2D eigenvalue weighted by atomic mass is 10.0. The lowest BCUT2D eigenvalue weighted by molar-refractivity contribution is -0.137. The van der Waals surface area contributed by atoms with Crippen molar-refractivity contribution in [3.05, 3.63) is 59.8 Å². The molecule has 0 aromatic heterocycles. The monoisotopic (exact) mass is 451 g/mol. The minimum absolute atomic E-state index is 0.0471. The molecule has 7 heteroatoms. The number of ether oxygens (including phenoxy) is 2. The molecule has 176 valence electrons. The first-order valence-corrected chi connectivity index (χ1v) is 11.4. The second-order valence-corrected chi connectivity index (χ2v) is 8.04. The van der Waals surface area contributed by atoms with Gasteiger partial charge in [-0.1, -0.05) is 12.1 Å². The van der Waals surface area contributed by atoms with Crippen LogP contribution in [-0.2, 0) is 14.3 Å². The van der Waals surface area contributed by atoms with Crippen LogP contribution >= 0.6 is 0 Å². The molecular formula is C26H33N3O4. The van der Waals surface area contributed by atoms with Gasteiger partial charge in [-0.3, -0.25) is 14.5 Å². The number of amides is 2. The number of anilines is 2. The van der Waals surface area contributed by atoms with Gasteiger partial charge < -0.3 is 19.7 Å². The van der Waals surface area contributed by atoms with Crippen LogP contribution in [0.2, 0.25) is 0 Å². The first-order valence-electron chi connectivity index (χ1n) is 11.4. The molecule has 2 amide bonds. The molecule has 0 saturated heterocycles. The van der Waals surface area contributed by atoms with Gasteiger partial charge in [0.1, 0.15) is 11.4 Å². The molecule has 7 nitrogen and oxygen atoms in total. The summed E-state index contributed by atoms with van der Waals surface area (Å²) >= 11 is 0. The van der Waals surface area contributed by atoms with E-state index in [-0.39, 0.29) is 36.8 Å². The van der Waals surface area contributed by atoms with E-state index in [4.69, 9.17) is 9.47 Å². The van der Waals surface area contributed by atoms with E-state index in [1.54, 1.807) is 7.11 Å². The van der Waals surface area contributed by atoms with Gasteiger partial charge in [-0.2, -0.15) is 0 Å². The predicted molar refractivity (Wildman–Crippen MR) is 131 cm³/mol. The average molecular weight is 452 g/mol. The van der Waals surface area contributed by atoms with Crippen molar-refractivity contribution < 1.29 is 19.1 Å². The van der Waals surface area contributed by atoms with Crippen LogP contribution in [-0.4, -0.2) is 56.2 Å². The number of carbonyl (C=O) groups excluding carboxylic acids is 2. The number of benzene rings is 2. The fourth-order valence-electron chi connectivity index (χ4n) is 3.81. The predicted octanol–water partition coefficient (Wildman–Crippen LogP) is 4.16. The van der Waals surface area contributed by atoms with Gasteiger partial charge in [-0.25, -0.2) is 0 Å². The number of rotatable bonds is 11. The fraction of sp³-hybridized carbons (Fsp3) is 0.385. The highest BCUT2D eigenvalue weighted by molar-refractivity contribution is 6.36. The Morgan fingerprint density at radius 3 is 2.12 bits per heavy atom. The molecule has 0 bridgehead atoms. The van der Waals surface area contributed by atoms with E-state index < -0.39 is 0 Å². The standard InChI is InChI=1S/C26H33N3O4/c1-6-28(7-2)21-12-10-20(11-13-21)27-24-23(25(30)29(26(24)31)16-17-32-5)19-8-14-22(15-9-19)33-18(3)4/h8-15,18,27H,6-7,16-17H2,1-5H3. The molecular weight excluding hydrogens is 418 g/mol. The summed E-state index contributed by atoms with van der Waals surface area (Å²) < 4.78 is 10.8. The summed E-state index contributed by atoms with van der Waals surface area (Å²) in [6, 6.07) is 15.1. The maximum atomic E-state index is 13.2. The van der Waals surface area contributed by atoms with Crippen LogP contribution in [0.1, 0.15) is 33.3 Å². The molecule has 0 radical (unpaired) electrons. The van der Waals surface area contributed by atoms with Gasteiger partial charge in [0, 0.05) is 31.6 Å². The Bertz CT molecular complexity index is 993. The van der Waals surface area contributed by atoms with Crippen LogP contribution in [0.25, 0.3) is 5.57 Å². The van der Waals surface area contributed by atoms with Gasteiger partial charge in [-0.05, 0) is 69.7 Å². The van der Waals surface area contributed by atoms with Crippen molar-refractivity contribution in [2.24, 2.45) is 0 Å². The number of imide groups is 1. The molecule has 0 aliphatic carbocycles. The molecule has 1 aliphatic heterocycles. The van der Waals surface area contributed by atoms with Gasteiger partial charge in [0.05, 0.1) is 24.8 Å². The Labute approximate surface area is 196 Å². The van der Waals surface area contributed by atoms with Gasteiger partial charge in [-0.15, -0.1) is 0 Å². The average Bonchev–Trinajstić information content (AvgIpc) is 3.03. The Morgan fingerprint density at radius 2 is 1.58 bits per heavy atom. The van der Waals surface area contributed by atoms with E-state index in [0.29, 0.717) is 16.9 Å². The number of hydrogen-bond donors (Lipinski definition) is 1. The van der Waals surface area contributed by atoms with Crippen LogP contribution in [0.4, 0.5) is 11.4 Å². The number of nitrogens with zero attached hydrogens (tertiary/aromatic N) is 2. The Balaban J connectivity index is 1.94. The molecule has 0 unspecified atom stereocenters. The quantitative estimate of drug-likeness (QED) is 0.518. The third-order valence-electron chi connectivity index (χ3n) is 5.47. The number of hydrogen-bond acceptors (Lipinski definition) is 6. The highest BCUT2D eigenvalue weighted by Crippen LogP contribution is 2.32. The van der Waals surface area contributed by atoms with Crippen molar-refractivity contribution in [3.63, 3.8) is 0 Å². The summed E-state index contributed by atoms with van der Waals surface area (Å²) in [7, 11) is 1.55. The first kappa shape index (κ1) is 24.3. The normalized spacial score (nSPS) is 13.8. The Hall–Kier alpha value is -3.32. The molecule has 0 spiro atoms. The van der Waals surface area contributed by atoms with E-state index >= 15 is 0 Å². The zero-order valence-electron chi connectivity index (χ0n) is 20.1. The molecule has 0 saturated carbocycles. The Morgan fingerprint density at radius 1 is 0.939 bits per heavy atom. The SMILES string of the molecule is CCN(CC)c1ccc(NC2=C(c3ccc(OC(C)C)cc3)C(=O)N(CCOC)C2=O)cc1. The zero-order valence-corrected chi connectivity index (χ0v) is 20.1. The van der Waals surface area contributed by atoms with Crippen molar-refractivity contribution in [1.29, 1.82) is 0 Å². The highest BCUT2D eigenvalue weighted by Gasteiger charge is 2.39. The minimum atomic E-state index is -0.359. The lowest BCUT2D eigenvalue weighted by Crippen LogP contribution is -2.35. The summed E-state index contributed by atoms with van der Waals surface area (Å²) in [5.41, 5.74) is 3.12. The van der Waals surface area contributed by atoms with Crippen molar-refractivity contribution in [2.45, 2.75) is 33.8 Å². The van der Waals surface area contributed by atoms with Gasteiger partial charge >= 0.3 is 0 Å². The first-order chi connectivity index (χ1) is 15.9. The van der Waals surface area contributed by atoms with Gasteiger partial charge in [0.15, 0.2) is 0 Å². The number of nitrogens with one attached hydrogen (secondary N) is 1. The van der Waals surface area contributed by atoms with Crippen LogP contribution in [0.3, 0.4) is 0 Å². The fourth-order valence-corrected chi connectivity index (χ4v) is 3.81. The summed E-state index contributed by atoms with van der Waals surface area (Å²) in [5.74, 6) is 0.0167. The highest BCUT2D eigenvalue weighted by atomic mass is 16.5. The summed E-state index contributed by atoms with van der Waals surface area (Å²) in [4.78, 5) is 29.9. The topological polar surface area (TPSA) is 71.1 Å². The van der Waals surface area contributed by atoms with E-state index in [9.17, 15) is 9.59 Å². The van der Waals surface area contributed by atoms with Crippen molar-refractivity contribution >= 4 is 28.8 Å².